The van der Waals surface area contributed by atoms with E-state index in [2.05, 4.69) is 26.3 Å². The van der Waals surface area contributed by atoms with Crippen molar-refractivity contribution in [2.45, 2.75) is 39.5 Å². The molecule has 90 valence electrons. The topological polar surface area (TPSA) is 29.1 Å². The van der Waals surface area contributed by atoms with Gasteiger partial charge in [-0.25, -0.2) is 0 Å². The summed E-state index contributed by atoms with van der Waals surface area (Å²) in [4.78, 5) is 10.6. The molecular formula is C12H27N2O+. The molecular weight excluding hydrogens is 188 g/mol. The van der Waals surface area contributed by atoms with Crippen LogP contribution in [0.15, 0.2) is 0 Å². The Bertz CT molecular complexity index is 178. The van der Waals surface area contributed by atoms with Gasteiger partial charge in [-0.2, -0.15) is 0 Å². The number of quaternary nitrogens is 1. The molecule has 0 radical (unpaired) electrons. The summed E-state index contributed by atoms with van der Waals surface area (Å²) in [5.41, 5.74) is 0. The average molecular weight is 215 g/mol. The van der Waals surface area contributed by atoms with Gasteiger partial charge in [0.05, 0.1) is 27.2 Å². The fourth-order valence-corrected chi connectivity index (χ4v) is 1.63. The highest BCUT2D eigenvalue weighted by Crippen LogP contribution is 2.04. The molecule has 1 N–H and O–H groups in total. The highest BCUT2D eigenvalue weighted by Gasteiger charge is 2.12. The number of amides is 1. The molecule has 0 heterocycles. The van der Waals surface area contributed by atoms with Gasteiger partial charge in [0.2, 0.25) is 5.91 Å². The lowest BCUT2D eigenvalue weighted by Gasteiger charge is -2.29. The van der Waals surface area contributed by atoms with Crippen LogP contribution in [-0.4, -0.2) is 44.1 Å². The van der Waals surface area contributed by atoms with Crippen LogP contribution in [0.25, 0.3) is 0 Å². The minimum Gasteiger partial charge on any atom is -0.356 e. The summed E-state index contributed by atoms with van der Waals surface area (Å²) in [6.45, 7) is 7.09. The fourth-order valence-electron chi connectivity index (χ4n) is 1.63. The van der Waals surface area contributed by atoms with Gasteiger partial charge in [-0.3, -0.25) is 4.79 Å². The van der Waals surface area contributed by atoms with E-state index in [0.29, 0.717) is 0 Å². The zero-order valence-corrected chi connectivity index (χ0v) is 10.8. The van der Waals surface area contributed by atoms with Crippen molar-refractivity contribution in [3.63, 3.8) is 0 Å². The van der Waals surface area contributed by atoms with Gasteiger partial charge in [0, 0.05) is 13.5 Å². The van der Waals surface area contributed by atoms with E-state index >= 15 is 0 Å². The Hall–Kier alpha value is -0.570. The average Bonchev–Trinajstić information content (AvgIpc) is 2.14. The largest absolute Gasteiger partial charge is 0.356 e. The normalized spacial score (nSPS) is 11.5. The molecule has 0 atom stereocenters. The van der Waals surface area contributed by atoms with Crippen LogP contribution >= 0.6 is 0 Å². The van der Waals surface area contributed by atoms with Crippen molar-refractivity contribution in [2.24, 2.45) is 0 Å². The zero-order valence-electron chi connectivity index (χ0n) is 10.8. The summed E-state index contributed by atoms with van der Waals surface area (Å²) < 4.78 is 1.11. The molecule has 0 unspecified atom stereocenters. The van der Waals surface area contributed by atoms with Crippen LogP contribution in [-0.2, 0) is 4.79 Å². The number of unbranched alkanes of at least 4 members (excludes halogenated alkanes) is 2. The molecule has 0 saturated carbocycles. The molecule has 15 heavy (non-hydrogen) atoms. The van der Waals surface area contributed by atoms with Crippen molar-refractivity contribution >= 4 is 5.91 Å². The number of hydrogen-bond acceptors (Lipinski definition) is 1. The number of carbonyl (C=O) groups is 1. The second-order valence-electron chi connectivity index (χ2n) is 4.93. The maximum absolute atomic E-state index is 10.6. The summed E-state index contributed by atoms with van der Waals surface area (Å²) in [6, 6.07) is 0. The van der Waals surface area contributed by atoms with Crippen molar-refractivity contribution in [3.05, 3.63) is 0 Å². The van der Waals surface area contributed by atoms with Gasteiger partial charge in [-0.1, -0.05) is 13.3 Å². The molecule has 0 aromatic carbocycles. The monoisotopic (exact) mass is 215 g/mol. The van der Waals surface area contributed by atoms with Crippen LogP contribution in [0.2, 0.25) is 0 Å². The van der Waals surface area contributed by atoms with Gasteiger partial charge in [-0.05, 0) is 19.3 Å². The lowest BCUT2D eigenvalue weighted by atomic mass is 10.2. The maximum atomic E-state index is 10.6. The Kier molecular flexibility index (Phi) is 7.39. The molecule has 0 aromatic heterocycles. The third-order valence-electron chi connectivity index (χ3n) is 2.68. The molecule has 0 aliphatic heterocycles. The molecule has 0 saturated heterocycles. The highest BCUT2D eigenvalue weighted by atomic mass is 16.1. The third kappa shape index (κ3) is 9.73. The molecule has 3 nitrogen and oxygen atoms in total. The van der Waals surface area contributed by atoms with Gasteiger partial charge in [0.15, 0.2) is 0 Å². The van der Waals surface area contributed by atoms with Crippen molar-refractivity contribution in [1.82, 2.24) is 5.32 Å². The minimum atomic E-state index is 0.0785. The first kappa shape index (κ1) is 14.4. The summed E-state index contributed by atoms with van der Waals surface area (Å²) in [5, 5.41) is 2.83. The summed E-state index contributed by atoms with van der Waals surface area (Å²) in [7, 11) is 4.57. The third-order valence-corrected chi connectivity index (χ3v) is 2.68. The summed E-state index contributed by atoms with van der Waals surface area (Å²) in [6.07, 6.45) is 4.86. The van der Waals surface area contributed by atoms with Crippen molar-refractivity contribution in [1.29, 1.82) is 0 Å². The molecule has 0 aliphatic carbocycles. The predicted molar refractivity (Wildman–Crippen MR) is 64.7 cm³/mol. The fraction of sp³-hybridized carbons (Fsp3) is 0.917. The van der Waals surface area contributed by atoms with Gasteiger partial charge < -0.3 is 9.80 Å². The number of nitrogens with zero attached hydrogens (tertiary/aromatic N) is 1. The predicted octanol–water partition coefficient (Wildman–Crippen LogP) is 1.78. The number of carbonyl (C=O) groups excluding carboxylic acids is 1. The van der Waals surface area contributed by atoms with Crippen molar-refractivity contribution in [2.75, 3.05) is 33.7 Å². The van der Waals surface area contributed by atoms with E-state index in [-0.39, 0.29) is 5.91 Å². The van der Waals surface area contributed by atoms with Crippen LogP contribution in [0, 0.1) is 0 Å². The van der Waals surface area contributed by atoms with Gasteiger partial charge in [-0.15, -0.1) is 0 Å². The first-order valence-corrected chi connectivity index (χ1v) is 6.04. The highest BCUT2D eigenvalue weighted by molar-refractivity contribution is 5.72. The van der Waals surface area contributed by atoms with Gasteiger partial charge >= 0.3 is 0 Å². The standard InChI is InChI=1S/C12H26N2O/c1-5-6-10-14(3,4)11-8-7-9-13-12(2)15/h5-11H2,1-4H3/p+1. The Morgan fingerprint density at radius 3 is 2.27 bits per heavy atom. The molecule has 0 rings (SSSR count). The first-order chi connectivity index (χ1) is 6.98. The van der Waals surface area contributed by atoms with Crippen LogP contribution in [0.4, 0.5) is 0 Å². The van der Waals surface area contributed by atoms with Crippen molar-refractivity contribution in [3.8, 4) is 0 Å². The zero-order chi connectivity index (χ0) is 11.7. The van der Waals surface area contributed by atoms with E-state index in [9.17, 15) is 4.79 Å². The molecule has 0 bridgehead atoms. The molecule has 0 spiro atoms. The summed E-state index contributed by atoms with van der Waals surface area (Å²) in [5.74, 6) is 0.0785. The molecule has 3 heteroatoms. The van der Waals surface area contributed by atoms with E-state index < -0.39 is 0 Å². The Morgan fingerprint density at radius 2 is 1.73 bits per heavy atom. The molecule has 0 aliphatic rings. The number of hydrogen-bond donors (Lipinski definition) is 1. The van der Waals surface area contributed by atoms with E-state index in [1.165, 1.54) is 32.4 Å². The Balaban J connectivity index is 3.43. The molecule has 0 fully saturated rings. The number of rotatable bonds is 8. The minimum absolute atomic E-state index is 0.0785. The van der Waals surface area contributed by atoms with Gasteiger partial charge in [0.1, 0.15) is 0 Å². The van der Waals surface area contributed by atoms with E-state index in [0.717, 1.165) is 17.4 Å². The molecule has 1 amide bonds. The van der Waals surface area contributed by atoms with E-state index in [1.54, 1.807) is 6.92 Å². The Morgan fingerprint density at radius 1 is 1.13 bits per heavy atom. The first-order valence-electron chi connectivity index (χ1n) is 6.04. The molecule has 0 aromatic rings. The second-order valence-corrected chi connectivity index (χ2v) is 4.93. The number of nitrogens with one attached hydrogen (secondary N) is 1. The lowest BCUT2D eigenvalue weighted by molar-refractivity contribution is -0.890. The quantitative estimate of drug-likeness (QED) is 0.485. The van der Waals surface area contributed by atoms with Crippen LogP contribution < -0.4 is 5.32 Å². The Labute approximate surface area is 94.4 Å². The van der Waals surface area contributed by atoms with Crippen LogP contribution in [0.5, 0.6) is 0 Å². The van der Waals surface area contributed by atoms with Gasteiger partial charge in [0.25, 0.3) is 0 Å². The van der Waals surface area contributed by atoms with E-state index in [1.807, 2.05) is 0 Å². The lowest BCUT2D eigenvalue weighted by Crippen LogP contribution is -2.41. The van der Waals surface area contributed by atoms with E-state index in [4.69, 9.17) is 0 Å². The maximum Gasteiger partial charge on any atom is 0.216 e. The van der Waals surface area contributed by atoms with Crippen LogP contribution in [0.1, 0.15) is 39.5 Å². The SMILES string of the molecule is CCCC[N+](C)(C)CCCCNC(C)=O. The summed E-state index contributed by atoms with van der Waals surface area (Å²) >= 11 is 0. The van der Waals surface area contributed by atoms with Crippen LogP contribution in [0.3, 0.4) is 0 Å². The smallest absolute Gasteiger partial charge is 0.216 e. The van der Waals surface area contributed by atoms with Crippen molar-refractivity contribution < 1.29 is 9.28 Å². The second kappa shape index (κ2) is 7.69.